The van der Waals surface area contributed by atoms with Crippen molar-refractivity contribution in [2.24, 2.45) is 0 Å². The van der Waals surface area contributed by atoms with Crippen molar-refractivity contribution in [3.8, 4) is 11.1 Å². The molecule has 1 aliphatic heterocycles. The minimum atomic E-state index is -0.0886. The van der Waals surface area contributed by atoms with Crippen molar-refractivity contribution >= 4 is 17.4 Å². The number of nitrogens with one attached hydrogen (secondary N) is 1. The van der Waals surface area contributed by atoms with Crippen LogP contribution in [0.15, 0.2) is 54.7 Å². The zero-order valence-corrected chi connectivity index (χ0v) is 16.9. The molecule has 6 nitrogen and oxygen atoms in total. The van der Waals surface area contributed by atoms with Gasteiger partial charge >= 0.3 is 0 Å². The van der Waals surface area contributed by atoms with Crippen molar-refractivity contribution in [2.45, 2.75) is 20.4 Å². The minimum absolute atomic E-state index is 0.0886. The van der Waals surface area contributed by atoms with Gasteiger partial charge in [-0.25, -0.2) is 0 Å². The topological polar surface area (TPSA) is 59.4 Å². The average molecular weight is 390 g/mol. The maximum absolute atomic E-state index is 12.7. The molecule has 0 radical (unpaired) electrons. The van der Waals surface area contributed by atoms with E-state index < -0.39 is 0 Å². The molecule has 0 unspecified atom stereocenters. The SMILES string of the molecule is Cc1cccc(NC(=O)Cn2cc(-c3ccccc3)c(N3CCOCC3)n2)c1C. The number of carbonyl (C=O) groups excluding carboxylic acids is 1. The van der Waals surface area contributed by atoms with Gasteiger partial charge in [-0.3, -0.25) is 9.48 Å². The van der Waals surface area contributed by atoms with E-state index >= 15 is 0 Å². The highest BCUT2D eigenvalue weighted by Crippen LogP contribution is 2.30. The number of amides is 1. The van der Waals surface area contributed by atoms with Crippen LogP contribution in [0, 0.1) is 13.8 Å². The molecule has 1 fully saturated rings. The number of carbonyl (C=O) groups is 1. The van der Waals surface area contributed by atoms with Gasteiger partial charge in [0.1, 0.15) is 6.54 Å². The second-order valence-corrected chi connectivity index (χ2v) is 7.33. The molecule has 4 rings (SSSR count). The number of anilines is 2. The smallest absolute Gasteiger partial charge is 0.246 e. The Kier molecular flexibility index (Phi) is 5.62. The second-order valence-electron chi connectivity index (χ2n) is 7.33. The number of nitrogens with zero attached hydrogens (tertiary/aromatic N) is 3. The molecule has 3 aromatic rings. The summed E-state index contributed by atoms with van der Waals surface area (Å²) in [5, 5.41) is 7.77. The van der Waals surface area contributed by atoms with Gasteiger partial charge in [0.25, 0.3) is 0 Å². The first-order valence-corrected chi connectivity index (χ1v) is 9.93. The molecule has 29 heavy (non-hydrogen) atoms. The highest BCUT2D eigenvalue weighted by atomic mass is 16.5. The molecule has 1 N–H and O–H groups in total. The van der Waals surface area contributed by atoms with Crippen LogP contribution in [0.5, 0.6) is 0 Å². The molecule has 2 heterocycles. The van der Waals surface area contributed by atoms with E-state index in [0.29, 0.717) is 13.2 Å². The number of aromatic nitrogens is 2. The zero-order valence-electron chi connectivity index (χ0n) is 16.9. The van der Waals surface area contributed by atoms with Crippen LogP contribution >= 0.6 is 0 Å². The number of hydrogen-bond acceptors (Lipinski definition) is 4. The molecular formula is C23H26N4O2. The van der Waals surface area contributed by atoms with E-state index in [-0.39, 0.29) is 12.5 Å². The number of ether oxygens (including phenoxy) is 1. The fourth-order valence-electron chi connectivity index (χ4n) is 3.55. The quantitative estimate of drug-likeness (QED) is 0.723. The van der Waals surface area contributed by atoms with Crippen LogP contribution in [0.1, 0.15) is 11.1 Å². The van der Waals surface area contributed by atoms with E-state index in [1.165, 1.54) is 0 Å². The molecule has 0 atom stereocenters. The Morgan fingerprint density at radius 2 is 1.83 bits per heavy atom. The molecule has 0 bridgehead atoms. The molecule has 6 heteroatoms. The van der Waals surface area contributed by atoms with Gasteiger partial charge in [0, 0.05) is 30.5 Å². The first-order valence-electron chi connectivity index (χ1n) is 9.93. The van der Waals surface area contributed by atoms with Gasteiger partial charge in [0.2, 0.25) is 5.91 Å². The predicted molar refractivity (Wildman–Crippen MR) is 115 cm³/mol. The summed E-state index contributed by atoms with van der Waals surface area (Å²) in [6.07, 6.45) is 1.96. The normalized spacial score (nSPS) is 14.1. The third-order valence-corrected chi connectivity index (χ3v) is 5.32. The second kappa shape index (κ2) is 8.49. The summed E-state index contributed by atoms with van der Waals surface area (Å²) in [4.78, 5) is 14.9. The standard InChI is InChI=1S/C23H26N4O2/c1-17-7-6-10-21(18(17)2)24-22(28)16-27-15-20(19-8-4-3-5-9-19)23(25-27)26-11-13-29-14-12-26/h3-10,15H,11-14,16H2,1-2H3,(H,24,28). The largest absolute Gasteiger partial charge is 0.378 e. The Bertz CT molecular complexity index is 991. The Morgan fingerprint density at radius 3 is 2.59 bits per heavy atom. The van der Waals surface area contributed by atoms with Gasteiger partial charge in [0.15, 0.2) is 5.82 Å². The monoisotopic (exact) mass is 390 g/mol. The fraction of sp³-hybridized carbons (Fsp3) is 0.304. The molecule has 0 saturated carbocycles. The number of aryl methyl sites for hydroxylation is 1. The van der Waals surface area contributed by atoms with Crippen LogP contribution in [0.25, 0.3) is 11.1 Å². The Balaban J connectivity index is 1.58. The molecule has 1 aliphatic rings. The Morgan fingerprint density at radius 1 is 1.07 bits per heavy atom. The van der Waals surface area contributed by atoms with E-state index in [1.54, 1.807) is 4.68 Å². The van der Waals surface area contributed by atoms with E-state index in [9.17, 15) is 4.79 Å². The van der Waals surface area contributed by atoms with Crippen molar-refractivity contribution < 1.29 is 9.53 Å². The van der Waals surface area contributed by atoms with Crippen LogP contribution < -0.4 is 10.2 Å². The predicted octanol–water partition coefficient (Wildman–Crippen LogP) is 3.64. The van der Waals surface area contributed by atoms with Gasteiger partial charge in [-0.05, 0) is 36.6 Å². The Hall–Kier alpha value is -3.12. The van der Waals surface area contributed by atoms with Crippen LogP contribution in [0.2, 0.25) is 0 Å². The van der Waals surface area contributed by atoms with Crippen molar-refractivity contribution in [3.63, 3.8) is 0 Å². The summed E-state index contributed by atoms with van der Waals surface area (Å²) >= 11 is 0. The van der Waals surface area contributed by atoms with Gasteiger partial charge in [0.05, 0.1) is 13.2 Å². The van der Waals surface area contributed by atoms with E-state index in [4.69, 9.17) is 9.84 Å². The van der Waals surface area contributed by atoms with Crippen LogP contribution in [0.3, 0.4) is 0 Å². The minimum Gasteiger partial charge on any atom is -0.378 e. The van der Waals surface area contributed by atoms with Crippen molar-refractivity contribution in [1.82, 2.24) is 9.78 Å². The first kappa shape index (κ1) is 19.2. The summed E-state index contributed by atoms with van der Waals surface area (Å²) in [5.41, 5.74) is 5.21. The first-order chi connectivity index (χ1) is 14.1. The van der Waals surface area contributed by atoms with Crippen molar-refractivity contribution in [1.29, 1.82) is 0 Å². The number of benzene rings is 2. The summed E-state index contributed by atoms with van der Waals surface area (Å²) in [5.74, 6) is 0.813. The average Bonchev–Trinajstić information content (AvgIpc) is 3.16. The third kappa shape index (κ3) is 4.32. The highest BCUT2D eigenvalue weighted by Gasteiger charge is 2.20. The summed E-state index contributed by atoms with van der Waals surface area (Å²) in [6.45, 7) is 7.19. The van der Waals surface area contributed by atoms with Gasteiger partial charge in [-0.2, -0.15) is 5.10 Å². The van der Waals surface area contributed by atoms with Gasteiger partial charge < -0.3 is 15.0 Å². The highest BCUT2D eigenvalue weighted by molar-refractivity contribution is 5.91. The molecule has 1 saturated heterocycles. The van der Waals surface area contributed by atoms with Crippen molar-refractivity contribution in [2.75, 3.05) is 36.5 Å². The van der Waals surface area contributed by atoms with Crippen LogP contribution in [-0.4, -0.2) is 42.0 Å². The lowest BCUT2D eigenvalue weighted by atomic mass is 10.1. The molecular weight excluding hydrogens is 364 g/mol. The van der Waals surface area contributed by atoms with Gasteiger partial charge in [-0.1, -0.05) is 42.5 Å². The lowest BCUT2D eigenvalue weighted by molar-refractivity contribution is -0.116. The molecule has 1 aromatic heterocycles. The summed E-state index contributed by atoms with van der Waals surface area (Å²) in [7, 11) is 0. The number of hydrogen-bond donors (Lipinski definition) is 1. The number of rotatable bonds is 5. The maximum atomic E-state index is 12.7. The molecule has 150 valence electrons. The van der Waals surface area contributed by atoms with Crippen LogP contribution in [0.4, 0.5) is 11.5 Å². The van der Waals surface area contributed by atoms with Crippen molar-refractivity contribution in [3.05, 3.63) is 65.9 Å². The summed E-state index contributed by atoms with van der Waals surface area (Å²) < 4.78 is 7.21. The third-order valence-electron chi connectivity index (χ3n) is 5.32. The molecule has 2 aromatic carbocycles. The van der Waals surface area contributed by atoms with Gasteiger partial charge in [-0.15, -0.1) is 0 Å². The summed E-state index contributed by atoms with van der Waals surface area (Å²) in [6, 6.07) is 16.1. The Labute approximate surface area is 171 Å². The maximum Gasteiger partial charge on any atom is 0.246 e. The molecule has 0 spiro atoms. The van der Waals surface area contributed by atoms with E-state index in [2.05, 4.69) is 22.3 Å². The van der Waals surface area contributed by atoms with E-state index in [1.807, 2.05) is 56.4 Å². The zero-order chi connectivity index (χ0) is 20.2. The molecule has 0 aliphatic carbocycles. The number of morpholine rings is 1. The lowest BCUT2D eigenvalue weighted by Crippen LogP contribution is -2.36. The van der Waals surface area contributed by atoms with E-state index in [0.717, 1.165) is 46.8 Å². The lowest BCUT2D eigenvalue weighted by Gasteiger charge is -2.27. The fourth-order valence-corrected chi connectivity index (χ4v) is 3.55. The molecule has 1 amide bonds. The van der Waals surface area contributed by atoms with Crippen LogP contribution in [-0.2, 0) is 16.1 Å².